The second-order valence-corrected chi connectivity index (χ2v) is 4.40. The van der Waals surface area contributed by atoms with Crippen LogP contribution in [-0.2, 0) is 14.3 Å². The van der Waals surface area contributed by atoms with E-state index in [1.54, 1.807) is 4.90 Å². The Morgan fingerprint density at radius 1 is 1.62 bits per heavy atom. The van der Waals surface area contributed by atoms with E-state index in [1.165, 1.54) is 25.3 Å². The van der Waals surface area contributed by atoms with E-state index >= 15 is 0 Å². The smallest absolute Gasteiger partial charge is 0.336 e. The molecule has 1 saturated heterocycles. The van der Waals surface area contributed by atoms with Crippen molar-refractivity contribution < 1.29 is 19.2 Å². The van der Waals surface area contributed by atoms with Crippen LogP contribution in [-0.4, -0.2) is 43.8 Å². The summed E-state index contributed by atoms with van der Waals surface area (Å²) in [7, 11) is 1.25. The predicted molar refractivity (Wildman–Crippen MR) is 71.8 cm³/mol. The van der Waals surface area contributed by atoms with E-state index in [2.05, 4.69) is 4.74 Å². The van der Waals surface area contributed by atoms with E-state index in [4.69, 9.17) is 10.00 Å². The first-order valence-corrected chi connectivity index (χ1v) is 6.19. The summed E-state index contributed by atoms with van der Waals surface area (Å²) in [5, 5.41) is 20.0. The monoisotopic (exact) mass is 291 g/mol. The Bertz CT molecular complexity index is 610. The molecule has 2 rings (SSSR count). The van der Waals surface area contributed by atoms with E-state index in [0.717, 1.165) is 0 Å². The van der Waals surface area contributed by atoms with Crippen molar-refractivity contribution in [1.29, 1.82) is 5.26 Å². The highest BCUT2D eigenvalue weighted by Crippen LogP contribution is 2.30. The van der Waals surface area contributed by atoms with Gasteiger partial charge in [-0.25, -0.2) is 4.79 Å². The lowest BCUT2D eigenvalue weighted by atomic mass is 10.1. The van der Waals surface area contributed by atoms with Gasteiger partial charge in [-0.15, -0.1) is 0 Å². The number of nitrogens with zero attached hydrogens (tertiary/aromatic N) is 3. The average molecular weight is 291 g/mol. The number of esters is 1. The van der Waals surface area contributed by atoms with Gasteiger partial charge in [0, 0.05) is 12.6 Å². The van der Waals surface area contributed by atoms with Gasteiger partial charge in [-0.05, 0) is 12.1 Å². The Morgan fingerprint density at radius 3 is 3.00 bits per heavy atom. The van der Waals surface area contributed by atoms with Gasteiger partial charge in [0.2, 0.25) is 0 Å². The third-order valence-electron chi connectivity index (χ3n) is 3.17. The molecule has 0 amide bonds. The second-order valence-electron chi connectivity index (χ2n) is 4.40. The van der Waals surface area contributed by atoms with Crippen molar-refractivity contribution in [3.05, 3.63) is 33.9 Å². The summed E-state index contributed by atoms with van der Waals surface area (Å²) in [6, 6.07) is 6.06. The zero-order chi connectivity index (χ0) is 15.4. The van der Waals surface area contributed by atoms with E-state index in [9.17, 15) is 14.9 Å². The molecule has 0 N–H and O–H groups in total. The molecule has 8 heteroatoms. The van der Waals surface area contributed by atoms with E-state index in [1.807, 2.05) is 6.07 Å². The lowest BCUT2D eigenvalue weighted by Gasteiger charge is -2.32. The summed E-state index contributed by atoms with van der Waals surface area (Å²) < 4.78 is 9.91. The minimum absolute atomic E-state index is 0.112. The first kappa shape index (κ1) is 14.7. The van der Waals surface area contributed by atoms with Crippen molar-refractivity contribution in [2.45, 2.75) is 6.10 Å². The van der Waals surface area contributed by atoms with Crippen LogP contribution in [0.15, 0.2) is 18.2 Å². The van der Waals surface area contributed by atoms with Crippen molar-refractivity contribution in [3.63, 3.8) is 0 Å². The molecule has 1 aromatic carbocycles. The van der Waals surface area contributed by atoms with E-state index < -0.39 is 17.0 Å². The van der Waals surface area contributed by atoms with Crippen LogP contribution in [0.2, 0.25) is 0 Å². The van der Waals surface area contributed by atoms with Crippen molar-refractivity contribution in [2.24, 2.45) is 0 Å². The molecular weight excluding hydrogens is 278 g/mol. The number of nitro groups is 1. The number of rotatable bonds is 3. The summed E-state index contributed by atoms with van der Waals surface area (Å²) in [5.41, 5.74) is 0.507. The van der Waals surface area contributed by atoms with Crippen LogP contribution in [0.25, 0.3) is 0 Å². The fraction of sp³-hybridized carbons (Fsp3) is 0.385. The Hall–Kier alpha value is -2.66. The molecule has 0 spiro atoms. The number of ether oxygens (including phenoxy) is 2. The van der Waals surface area contributed by atoms with Crippen LogP contribution < -0.4 is 4.90 Å². The van der Waals surface area contributed by atoms with Crippen LogP contribution in [0.1, 0.15) is 5.56 Å². The van der Waals surface area contributed by atoms with Crippen molar-refractivity contribution in [2.75, 3.05) is 31.7 Å². The molecule has 1 heterocycles. The molecule has 1 aliphatic rings. The number of nitro benzene ring substituents is 1. The van der Waals surface area contributed by atoms with Crippen LogP contribution in [0.4, 0.5) is 11.4 Å². The number of benzene rings is 1. The molecule has 0 aliphatic carbocycles. The molecule has 1 unspecified atom stereocenters. The molecular formula is C13H13N3O5. The summed E-state index contributed by atoms with van der Waals surface area (Å²) in [6.07, 6.45) is -0.797. The molecule has 110 valence electrons. The molecule has 1 aliphatic heterocycles. The van der Waals surface area contributed by atoms with Gasteiger partial charge >= 0.3 is 5.97 Å². The third kappa shape index (κ3) is 3.09. The first-order chi connectivity index (χ1) is 10.1. The lowest BCUT2D eigenvalue weighted by Crippen LogP contribution is -2.46. The number of nitriles is 1. The van der Waals surface area contributed by atoms with Crippen molar-refractivity contribution in [1.82, 2.24) is 0 Å². The largest absolute Gasteiger partial charge is 0.467 e. The van der Waals surface area contributed by atoms with Gasteiger partial charge in [-0.1, -0.05) is 0 Å². The van der Waals surface area contributed by atoms with Crippen molar-refractivity contribution >= 4 is 17.3 Å². The topological polar surface area (TPSA) is 106 Å². The summed E-state index contributed by atoms with van der Waals surface area (Å²) in [6.45, 7) is 0.777. The zero-order valence-electron chi connectivity index (χ0n) is 11.3. The quantitative estimate of drug-likeness (QED) is 0.461. The van der Waals surface area contributed by atoms with Crippen LogP contribution in [0.3, 0.4) is 0 Å². The van der Waals surface area contributed by atoms with Crippen LogP contribution in [0.5, 0.6) is 0 Å². The number of morpholine rings is 1. The molecule has 0 saturated carbocycles. The van der Waals surface area contributed by atoms with Gasteiger partial charge in [-0.2, -0.15) is 5.26 Å². The van der Waals surface area contributed by atoms with Gasteiger partial charge < -0.3 is 14.4 Å². The highest BCUT2D eigenvalue weighted by Gasteiger charge is 2.30. The number of hydrogen-bond acceptors (Lipinski definition) is 7. The third-order valence-corrected chi connectivity index (χ3v) is 3.17. The van der Waals surface area contributed by atoms with Gasteiger partial charge in [0.1, 0.15) is 5.69 Å². The normalized spacial score (nSPS) is 17.9. The molecule has 1 atom stereocenters. The standard InChI is InChI=1S/C13H13N3O5/c1-20-13(17)12-8-15(4-5-21-12)11-6-9(7-14)2-3-10(11)16(18)19/h2-3,6,12H,4-5,8H2,1H3. The molecule has 0 bridgehead atoms. The minimum Gasteiger partial charge on any atom is -0.467 e. The second kappa shape index (κ2) is 6.19. The predicted octanol–water partition coefficient (Wildman–Crippen LogP) is 0.845. The van der Waals surface area contributed by atoms with Gasteiger partial charge in [0.05, 0.1) is 36.8 Å². The van der Waals surface area contributed by atoms with E-state index in [0.29, 0.717) is 17.8 Å². The van der Waals surface area contributed by atoms with Crippen LogP contribution in [0, 0.1) is 21.4 Å². The average Bonchev–Trinajstić information content (AvgIpc) is 2.53. The Labute approximate surface area is 120 Å². The fourth-order valence-electron chi connectivity index (χ4n) is 2.14. The van der Waals surface area contributed by atoms with Gasteiger partial charge in [0.15, 0.2) is 6.10 Å². The van der Waals surface area contributed by atoms with Gasteiger partial charge in [-0.3, -0.25) is 10.1 Å². The van der Waals surface area contributed by atoms with Gasteiger partial charge in [0.25, 0.3) is 5.69 Å². The Morgan fingerprint density at radius 2 is 2.38 bits per heavy atom. The summed E-state index contributed by atoms with van der Waals surface area (Å²) in [4.78, 5) is 23.8. The Kier molecular flexibility index (Phi) is 4.35. The maximum absolute atomic E-state index is 11.5. The first-order valence-electron chi connectivity index (χ1n) is 6.19. The lowest BCUT2D eigenvalue weighted by molar-refractivity contribution is -0.384. The summed E-state index contributed by atoms with van der Waals surface area (Å²) in [5.74, 6) is -0.529. The van der Waals surface area contributed by atoms with Crippen molar-refractivity contribution in [3.8, 4) is 6.07 Å². The highest BCUT2D eigenvalue weighted by molar-refractivity contribution is 5.76. The number of anilines is 1. The highest BCUT2D eigenvalue weighted by atomic mass is 16.6. The molecule has 0 aromatic heterocycles. The summed E-state index contributed by atoms with van der Waals surface area (Å²) >= 11 is 0. The zero-order valence-corrected chi connectivity index (χ0v) is 11.3. The molecule has 21 heavy (non-hydrogen) atoms. The Balaban J connectivity index is 2.33. The molecule has 8 nitrogen and oxygen atoms in total. The molecule has 1 fully saturated rings. The number of carbonyl (C=O) groups is 1. The number of carbonyl (C=O) groups excluding carboxylic acids is 1. The maximum atomic E-state index is 11.5. The fourth-order valence-corrected chi connectivity index (χ4v) is 2.14. The maximum Gasteiger partial charge on any atom is 0.336 e. The van der Waals surface area contributed by atoms with E-state index in [-0.39, 0.29) is 18.8 Å². The van der Waals surface area contributed by atoms with Crippen LogP contribution >= 0.6 is 0 Å². The molecule has 1 aromatic rings. The number of methoxy groups -OCH3 is 1. The SMILES string of the molecule is COC(=O)C1CN(c2cc(C#N)ccc2[N+](=O)[O-])CCO1. The molecule has 0 radical (unpaired) electrons. The minimum atomic E-state index is -0.797. The number of hydrogen-bond donors (Lipinski definition) is 0.